The number of nitrogens with one attached hydrogen (secondary N) is 1. The second kappa shape index (κ2) is 9.21. The van der Waals surface area contributed by atoms with E-state index >= 15 is 0 Å². The number of amides is 2. The third kappa shape index (κ3) is 5.33. The lowest BCUT2D eigenvalue weighted by Crippen LogP contribution is -2.43. The lowest BCUT2D eigenvalue weighted by atomic mass is 9.95. The number of hydrogen-bond acceptors (Lipinski definition) is 3. The molecule has 1 saturated heterocycles. The van der Waals surface area contributed by atoms with Gasteiger partial charge in [0.2, 0.25) is 5.91 Å². The van der Waals surface area contributed by atoms with E-state index in [0.29, 0.717) is 25.9 Å². The van der Waals surface area contributed by atoms with Gasteiger partial charge < -0.3 is 15.0 Å². The van der Waals surface area contributed by atoms with Crippen molar-refractivity contribution in [2.45, 2.75) is 32.4 Å². The molecule has 5 nitrogen and oxygen atoms in total. The van der Waals surface area contributed by atoms with Gasteiger partial charge in [0.15, 0.2) is 0 Å². The number of carbonyl (C=O) groups is 2. The van der Waals surface area contributed by atoms with Crippen LogP contribution in [0.25, 0.3) is 0 Å². The molecule has 27 heavy (non-hydrogen) atoms. The van der Waals surface area contributed by atoms with Crippen LogP contribution in [0.1, 0.15) is 36.9 Å². The third-order valence-electron chi connectivity index (χ3n) is 4.99. The van der Waals surface area contributed by atoms with Crippen LogP contribution in [0.5, 0.6) is 0 Å². The van der Waals surface area contributed by atoms with E-state index in [1.165, 1.54) is 0 Å². The standard InChI is InChI=1S/C22H26N2O3/c1-17(19-10-6-3-7-11-19)23-21(25)20-12-14-24(15-13-20)22(26)27-16-18-8-4-2-5-9-18/h2-11,17,20H,12-16H2,1H3,(H,23,25). The zero-order chi connectivity index (χ0) is 19.1. The third-order valence-corrected chi connectivity index (χ3v) is 4.99. The van der Waals surface area contributed by atoms with Crippen LogP contribution in [0, 0.1) is 5.92 Å². The predicted octanol–water partition coefficient (Wildman–Crippen LogP) is 3.91. The van der Waals surface area contributed by atoms with Crippen molar-refractivity contribution in [3.63, 3.8) is 0 Å². The molecule has 0 bridgehead atoms. The van der Waals surface area contributed by atoms with Gasteiger partial charge in [0, 0.05) is 19.0 Å². The molecule has 0 aromatic heterocycles. The van der Waals surface area contributed by atoms with E-state index in [1.54, 1.807) is 4.90 Å². The smallest absolute Gasteiger partial charge is 0.410 e. The minimum atomic E-state index is -0.310. The number of nitrogens with zero attached hydrogens (tertiary/aromatic N) is 1. The highest BCUT2D eigenvalue weighted by atomic mass is 16.6. The molecule has 1 aliphatic heterocycles. The van der Waals surface area contributed by atoms with Crippen molar-refractivity contribution < 1.29 is 14.3 Å². The Morgan fingerprint density at radius 1 is 1.04 bits per heavy atom. The number of carbonyl (C=O) groups excluding carboxylic acids is 2. The molecule has 1 atom stereocenters. The SMILES string of the molecule is CC(NC(=O)C1CCN(C(=O)OCc2ccccc2)CC1)c1ccccc1. The first-order valence-corrected chi connectivity index (χ1v) is 9.44. The number of hydrogen-bond donors (Lipinski definition) is 1. The van der Waals surface area contributed by atoms with Crippen LogP contribution >= 0.6 is 0 Å². The minimum absolute atomic E-state index is 0.0208. The summed E-state index contributed by atoms with van der Waals surface area (Å²) >= 11 is 0. The number of ether oxygens (including phenoxy) is 1. The Morgan fingerprint density at radius 3 is 2.26 bits per heavy atom. The van der Waals surface area contributed by atoms with Gasteiger partial charge in [0.25, 0.3) is 0 Å². The van der Waals surface area contributed by atoms with Gasteiger partial charge in [-0.1, -0.05) is 60.7 Å². The number of benzene rings is 2. The van der Waals surface area contributed by atoms with Crippen molar-refractivity contribution in [3.05, 3.63) is 71.8 Å². The molecule has 0 aliphatic carbocycles. The highest BCUT2D eigenvalue weighted by Crippen LogP contribution is 2.20. The molecule has 1 heterocycles. The summed E-state index contributed by atoms with van der Waals surface area (Å²) in [6, 6.07) is 19.5. The van der Waals surface area contributed by atoms with Crippen molar-refractivity contribution in [1.82, 2.24) is 10.2 Å². The largest absolute Gasteiger partial charge is 0.445 e. The molecule has 0 spiro atoms. The van der Waals surface area contributed by atoms with Crippen molar-refractivity contribution >= 4 is 12.0 Å². The van der Waals surface area contributed by atoms with Crippen molar-refractivity contribution in [1.29, 1.82) is 0 Å². The summed E-state index contributed by atoms with van der Waals surface area (Å²) in [7, 11) is 0. The Kier molecular flexibility index (Phi) is 6.47. The van der Waals surface area contributed by atoms with E-state index in [1.807, 2.05) is 67.6 Å². The summed E-state index contributed by atoms with van der Waals surface area (Å²) in [5.74, 6) is -0.00186. The summed E-state index contributed by atoms with van der Waals surface area (Å²) in [6.07, 6.45) is 1.01. The zero-order valence-electron chi connectivity index (χ0n) is 15.6. The van der Waals surface area contributed by atoms with E-state index < -0.39 is 0 Å². The van der Waals surface area contributed by atoms with Crippen LogP contribution < -0.4 is 5.32 Å². The predicted molar refractivity (Wildman–Crippen MR) is 104 cm³/mol. The van der Waals surface area contributed by atoms with Crippen LogP contribution in [0.15, 0.2) is 60.7 Å². The van der Waals surface area contributed by atoms with Crippen molar-refractivity contribution in [2.24, 2.45) is 5.92 Å². The summed E-state index contributed by atoms with van der Waals surface area (Å²) in [5.41, 5.74) is 2.06. The number of rotatable bonds is 5. The lowest BCUT2D eigenvalue weighted by Gasteiger charge is -2.31. The van der Waals surface area contributed by atoms with Crippen LogP contribution in [0.4, 0.5) is 4.79 Å². The van der Waals surface area contributed by atoms with Gasteiger partial charge in [-0.3, -0.25) is 4.79 Å². The summed E-state index contributed by atoms with van der Waals surface area (Å²) in [6.45, 7) is 3.36. The van der Waals surface area contributed by atoms with Gasteiger partial charge in [-0.05, 0) is 30.9 Å². The fourth-order valence-electron chi connectivity index (χ4n) is 3.29. The second-order valence-corrected chi connectivity index (χ2v) is 6.94. The molecule has 5 heteroatoms. The quantitative estimate of drug-likeness (QED) is 0.873. The van der Waals surface area contributed by atoms with Gasteiger partial charge >= 0.3 is 6.09 Å². The minimum Gasteiger partial charge on any atom is -0.445 e. The van der Waals surface area contributed by atoms with E-state index in [-0.39, 0.29) is 30.6 Å². The second-order valence-electron chi connectivity index (χ2n) is 6.94. The average molecular weight is 366 g/mol. The maximum absolute atomic E-state index is 12.5. The molecule has 2 aromatic rings. The first-order chi connectivity index (χ1) is 13.1. The van der Waals surface area contributed by atoms with Crippen LogP contribution in [-0.4, -0.2) is 30.0 Å². The highest BCUT2D eigenvalue weighted by Gasteiger charge is 2.28. The monoisotopic (exact) mass is 366 g/mol. The van der Waals surface area contributed by atoms with Gasteiger partial charge in [-0.25, -0.2) is 4.79 Å². The summed E-state index contributed by atoms with van der Waals surface area (Å²) in [5, 5.41) is 3.08. The van der Waals surface area contributed by atoms with Gasteiger partial charge in [-0.15, -0.1) is 0 Å². The average Bonchev–Trinajstić information content (AvgIpc) is 2.73. The Bertz CT molecular complexity index is 741. The molecule has 1 fully saturated rings. The Morgan fingerprint density at radius 2 is 1.63 bits per heavy atom. The molecular formula is C22H26N2O3. The molecule has 1 N–H and O–H groups in total. The molecule has 1 unspecified atom stereocenters. The Balaban J connectivity index is 1.42. The van der Waals surface area contributed by atoms with E-state index in [2.05, 4.69) is 5.32 Å². The van der Waals surface area contributed by atoms with Crippen molar-refractivity contribution in [3.8, 4) is 0 Å². The zero-order valence-corrected chi connectivity index (χ0v) is 15.6. The van der Waals surface area contributed by atoms with Crippen LogP contribution in [0.2, 0.25) is 0 Å². The van der Waals surface area contributed by atoms with Gasteiger partial charge in [-0.2, -0.15) is 0 Å². The maximum Gasteiger partial charge on any atom is 0.410 e. The lowest BCUT2D eigenvalue weighted by molar-refractivity contribution is -0.127. The first kappa shape index (κ1) is 19.0. The van der Waals surface area contributed by atoms with Crippen molar-refractivity contribution in [2.75, 3.05) is 13.1 Å². The molecule has 1 aliphatic rings. The summed E-state index contributed by atoms with van der Waals surface area (Å²) < 4.78 is 5.37. The Labute approximate surface area is 160 Å². The number of piperidine rings is 1. The molecule has 0 radical (unpaired) electrons. The fraction of sp³-hybridized carbons (Fsp3) is 0.364. The normalized spacial score (nSPS) is 15.8. The first-order valence-electron chi connectivity index (χ1n) is 9.44. The number of likely N-dealkylation sites (tertiary alicyclic amines) is 1. The molecule has 3 rings (SSSR count). The van der Waals surface area contributed by atoms with E-state index in [9.17, 15) is 9.59 Å². The molecule has 0 saturated carbocycles. The van der Waals surface area contributed by atoms with Crippen LogP contribution in [-0.2, 0) is 16.1 Å². The molecule has 142 valence electrons. The molecule has 2 amide bonds. The van der Waals surface area contributed by atoms with E-state index in [0.717, 1.165) is 11.1 Å². The Hall–Kier alpha value is -2.82. The van der Waals surface area contributed by atoms with Crippen LogP contribution in [0.3, 0.4) is 0 Å². The van der Waals surface area contributed by atoms with Gasteiger partial charge in [0.05, 0.1) is 6.04 Å². The molecular weight excluding hydrogens is 340 g/mol. The molecule has 2 aromatic carbocycles. The van der Waals surface area contributed by atoms with Gasteiger partial charge in [0.1, 0.15) is 6.61 Å². The maximum atomic E-state index is 12.5. The fourth-order valence-corrected chi connectivity index (χ4v) is 3.29. The highest BCUT2D eigenvalue weighted by molar-refractivity contribution is 5.79. The topological polar surface area (TPSA) is 58.6 Å². The van der Waals surface area contributed by atoms with E-state index in [4.69, 9.17) is 4.74 Å². The summed E-state index contributed by atoms with van der Waals surface area (Å²) in [4.78, 5) is 26.4.